The van der Waals surface area contributed by atoms with E-state index in [4.69, 9.17) is 4.74 Å². The second-order valence-electron chi connectivity index (χ2n) is 28.2. The van der Waals surface area contributed by atoms with E-state index < -0.39 is 0 Å². The fourth-order valence-electron chi connectivity index (χ4n) is 15.8. The Kier molecular flexibility index (Phi) is 12.4. The molecule has 0 unspecified atom stereocenters. The first kappa shape index (κ1) is 56.3. The van der Waals surface area contributed by atoms with Crippen LogP contribution < -0.4 is 26.0 Å². The smallest absolute Gasteiger partial charge is 0.266 e. The van der Waals surface area contributed by atoms with E-state index in [1.165, 1.54) is 44.1 Å². The van der Waals surface area contributed by atoms with Gasteiger partial charge in [0.15, 0.2) is 0 Å². The second-order valence-corrected chi connectivity index (χ2v) is 28.2. The Bertz CT molecular complexity index is 5710. The molecule has 5 heterocycles. The number of hydrogen-bond acceptors (Lipinski definition) is 3. The van der Waals surface area contributed by atoms with Crippen molar-refractivity contribution >= 4 is 101 Å². The summed E-state index contributed by atoms with van der Waals surface area (Å²) in [5.41, 5.74) is 27.6. The third kappa shape index (κ3) is 8.73. The number of benzene rings is 11. The normalized spacial score (nSPS) is 13.2. The Hall–Kier alpha value is -11.5. The molecular formula is C88H66BN5O. The van der Waals surface area contributed by atoms with Gasteiger partial charge in [0.2, 0.25) is 0 Å². The molecule has 12 aromatic carbocycles. The highest BCUT2D eigenvalue weighted by Gasteiger charge is 2.44. The van der Waals surface area contributed by atoms with E-state index in [1.54, 1.807) is 0 Å². The minimum atomic E-state index is -0.333. The van der Waals surface area contributed by atoms with E-state index in [1.807, 2.05) is 6.07 Å². The van der Waals surface area contributed by atoms with Gasteiger partial charge in [-0.25, -0.2) is 0 Å². The largest absolute Gasteiger partial charge is 0.458 e. The number of nitriles is 1. The third-order valence-electron chi connectivity index (χ3n) is 20.4. The number of fused-ring (bicyclic) bond motifs is 13. The van der Waals surface area contributed by atoms with Gasteiger partial charge in [0.25, 0.3) is 6.71 Å². The number of rotatable bonds is 7. The van der Waals surface area contributed by atoms with Gasteiger partial charge in [0, 0.05) is 83.0 Å². The van der Waals surface area contributed by atoms with E-state index in [0.717, 1.165) is 147 Å². The van der Waals surface area contributed by atoms with Crippen LogP contribution in [0.1, 0.15) is 81.5 Å². The molecule has 452 valence electrons. The number of anilines is 3. The number of aryl methyl sites for hydroxylation is 1. The molecule has 0 radical (unpaired) electrons. The zero-order chi connectivity index (χ0) is 64.2. The zero-order valence-electron chi connectivity index (χ0n) is 54.3. The van der Waals surface area contributed by atoms with Crippen LogP contribution in [-0.2, 0) is 17.3 Å². The molecule has 3 aromatic heterocycles. The van der Waals surface area contributed by atoms with Gasteiger partial charge in [0.05, 0.1) is 56.3 Å². The van der Waals surface area contributed by atoms with Crippen LogP contribution in [0.3, 0.4) is 0 Å². The van der Waals surface area contributed by atoms with Crippen LogP contribution in [0.15, 0.2) is 243 Å². The number of nitrogens with zero attached hydrogens (tertiary/aromatic N) is 5. The number of ether oxygens (including phenoxy) is 1. The lowest BCUT2D eigenvalue weighted by molar-refractivity contribution is 0.488. The Morgan fingerprint density at radius 1 is 0.463 bits per heavy atom. The molecule has 1 aliphatic carbocycles. The molecule has 0 saturated heterocycles. The monoisotopic (exact) mass is 1220 g/mol. The summed E-state index contributed by atoms with van der Waals surface area (Å²) >= 11 is 0. The summed E-state index contributed by atoms with van der Waals surface area (Å²) in [5, 5.41) is 17.0. The molecule has 0 N–H and O–H groups in total. The minimum Gasteiger partial charge on any atom is -0.458 e. The molecule has 18 rings (SSSR count). The molecule has 7 heteroatoms. The van der Waals surface area contributed by atoms with E-state index in [9.17, 15) is 5.26 Å². The number of aromatic nitrogens is 3. The van der Waals surface area contributed by atoms with Crippen LogP contribution in [-0.4, -0.2) is 20.4 Å². The number of allylic oxidation sites excluding steroid dienone is 1. The van der Waals surface area contributed by atoms with Gasteiger partial charge < -0.3 is 23.3 Å². The van der Waals surface area contributed by atoms with Crippen molar-refractivity contribution in [2.45, 2.75) is 72.1 Å². The van der Waals surface area contributed by atoms with Crippen LogP contribution in [0.2, 0.25) is 0 Å². The lowest BCUT2D eigenvalue weighted by Crippen LogP contribution is -2.59. The highest BCUT2D eigenvalue weighted by Crippen LogP contribution is 2.49. The Labute approximate surface area is 554 Å². The van der Waals surface area contributed by atoms with E-state index in [0.29, 0.717) is 5.56 Å². The summed E-state index contributed by atoms with van der Waals surface area (Å²) in [6, 6.07) is 97.1. The fraction of sp³-hybridized carbons (Fsp3) is 0.125. The van der Waals surface area contributed by atoms with Crippen molar-refractivity contribution in [1.82, 2.24) is 13.7 Å². The van der Waals surface area contributed by atoms with Crippen LogP contribution >= 0.6 is 0 Å². The zero-order valence-corrected chi connectivity index (χ0v) is 54.3. The van der Waals surface area contributed by atoms with Crippen molar-refractivity contribution in [2.75, 3.05) is 4.90 Å². The van der Waals surface area contributed by atoms with Gasteiger partial charge in [-0.3, -0.25) is 0 Å². The number of hydrogen-bond donors (Lipinski definition) is 0. The molecule has 0 atom stereocenters. The Morgan fingerprint density at radius 3 is 1.80 bits per heavy atom. The lowest BCUT2D eigenvalue weighted by atomic mass is 9.34. The van der Waals surface area contributed by atoms with Crippen molar-refractivity contribution in [2.24, 2.45) is 0 Å². The van der Waals surface area contributed by atoms with E-state index >= 15 is 0 Å². The van der Waals surface area contributed by atoms with Crippen molar-refractivity contribution in [3.05, 3.63) is 288 Å². The SMILES string of the molecule is Cc1ccc(-n2c3c(c4ccccc42)C=CCC3)c(-c2c#cc3c(c2)Oc2cc(-c4cc(C#N)ccc4-n4c5ccccc5c5ccccc54)cc4c2B3c2ccc(-n3c5ccc(C(C)(C)C)cc5c5cc(C(C)(C)C)ccc53)cc2N4c2ccccc2-c2ccccc2)c1. The fourth-order valence-corrected chi connectivity index (χ4v) is 15.8. The molecule has 0 saturated carbocycles. The molecule has 15 aromatic rings. The molecular weight excluding hydrogens is 1150 g/mol. The molecule has 0 spiro atoms. The van der Waals surface area contributed by atoms with Crippen molar-refractivity contribution < 1.29 is 4.74 Å². The Balaban J connectivity index is 0.928. The van der Waals surface area contributed by atoms with E-state index in [-0.39, 0.29) is 17.5 Å². The summed E-state index contributed by atoms with van der Waals surface area (Å²) < 4.78 is 15.0. The van der Waals surface area contributed by atoms with Crippen LogP contribution in [0, 0.1) is 30.4 Å². The lowest BCUT2D eigenvalue weighted by Gasteiger charge is -2.41. The van der Waals surface area contributed by atoms with Crippen LogP contribution in [0.25, 0.3) is 111 Å². The second kappa shape index (κ2) is 21.0. The van der Waals surface area contributed by atoms with Gasteiger partial charge in [0.1, 0.15) is 11.5 Å². The first-order valence-corrected chi connectivity index (χ1v) is 33.2. The summed E-state index contributed by atoms with van der Waals surface area (Å²) in [6.07, 6.45) is 6.54. The summed E-state index contributed by atoms with van der Waals surface area (Å²) in [5.74, 6) is 1.46. The third-order valence-corrected chi connectivity index (χ3v) is 20.4. The predicted octanol–water partition coefficient (Wildman–Crippen LogP) is 20.6. The topological polar surface area (TPSA) is 51.1 Å². The van der Waals surface area contributed by atoms with Gasteiger partial charge >= 0.3 is 0 Å². The van der Waals surface area contributed by atoms with Crippen LogP contribution in [0.5, 0.6) is 11.5 Å². The molecule has 0 fully saturated rings. The van der Waals surface area contributed by atoms with Gasteiger partial charge in [-0.2, -0.15) is 5.26 Å². The van der Waals surface area contributed by atoms with Gasteiger partial charge in [-0.1, -0.05) is 199 Å². The van der Waals surface area contributed by atoms with Gasteiger partial charge in [-0.05, 0) is 173 Å². The summed E-state index contributed by atoms with van der Waals surface area (Å²) in [6.45, 7) is 15.7. The molecule has 95 heavy (non-hydrogen) atoms. The standard InChI is InChI=1S/C88H66BN5O/c1-54-33-41-78(92-74-29-17-12-24-63(74)64-25-13-18-30-75(64)92)67(45-54)57-35-39-72-84(48-57)95-85-49-58(68-46-55(53-90)34-42-79(68)93-76-31-19-14-26-65(76)66-27-15-20-32-77(66)93)47-83-86(85)89(72)71-40-38-61(52-82(71)94(83)73-28-16-11-23-62(73)56-21-9-8-10-22-56)91-80-43-36-59(87(2,3)4)50-69(80)70-51-60(88(5,6)7)37-44-81(70)91/h8-17,19-29,31-34,36-38,40-52H,18,30H2,1-7H3. The predicted molar refractivity (Wildman–Crippen MR) is 396 cm³/mol. The first-order valence-electron chi connectivity index (χ1n) is 33.2. The maximum absolute atomic E-state index is 10.9. The highest BCUT2D eigenvalue weighted by atomic mass is 16.5. The maximum Gasteiger partial charge on any atom is 0.266 e. The van der Waals surface area contributed by atoms with Crippen LogP contribution in [0.4, 0.5) is 17.1 Å². The maximum atomic E-state index is 10.9. The summed E-state index contributed by atoms with van der Waals surface area (Å²) in [7, 11) is 0. The molecule has 0 bridgehead atoms. The average molecular weight is 1220 g/mol. The average Bonchev–Trinajstić information content (AvgIpc) is 1.32. The number of para-hydroxylation sites is 4. The van der Waals surface area contributed by atoms with Gasteiger partial charge in [-0.15, -0.1) is 0 Å². The Morgan fingerprint density at radius 2 is 1.09 bits per heavy atom. The van der Waals surface area contributed by atoms with Crippen molar-refractivity contribution in [3.63, 3.8) is 0 Å². The molecule has 0 amide bonds. The van der Waals surface area contributed by atoms with Crippen molar-refractivity contribution in [3.8, 4) is 68.0 Å². The van der Waals surface area contributed by atoms with Crippen molar-refractivity contribution in [1.29, 1.82) is 5.26 Å². The molecule has 3 aliphatic rings. The highest BCUT2D eigenvalue weighted by molar-refractivity contribution is 6.99. The minimum absolute atomic E-state index is 0.0553. The first-order chi connectivity index (χ1) is 46.2. The molecule has 6 nitrogen and oxygen atoms in total. The molecule has 2 aliphatic heterocycles. The van der Waals surface area contributed by atoms with E-state index in [2.05, 4.69) is 328 Å². The summed E-state index contributed by atoms with van der Waals surface area (Å²) in [4.78, 5) is 2.50. The quantitative estimate of drug-likeness (QED) is 0.149.